The lowest BCUT2D eigenvalue weighted by Gasteiger charge is -2.24. The zero-order chi connectivity index (χ0) is 22.6. The van der Waals surface area contributed by atoms with Crippen LogP contribution < -0.4 is 10.6 Å². The number of hydrogen-bond acceptors (Lipinski definition) is 3. The van der Waals surface area contributed by atoms with Crippen molar-refractivity contribution in [2.75, 3.05) is 5.32 Å². The molecule has 6 nitrogen and oxygen atoms in total. The van der Waals surface area contributed by atoms with Gasteiger partial charge in [-0.2, -0.15) is 18.3 Å². The first-order valence-corrected chi connectivity index (χ1v) is 10.2. The highest BCUT2D eigenvalue weighted by atomic mass is 35.5. The summed E-state index contributed by atoms with van der Waals surface area (Å²) in [5, 5.41) is 10.3. The predicted molar refractivity (Wildman–Crippen MR) is 111 cm³/mol. The first-order valence-electron chi connectivity index (χ1n) is 9.84. The molecule has 3 heterocycles. The van der Waals surface area contributed by atoms with E-state index in [0.29, 0.717) is 28.6 Å². The van der Waals surface area contributed by atoms with Gasteiger partial charge in [0.25, 0.3) is 5.91 Å². The Kier molecular flexibility index (Phi) is 4.74. The number of hydrogen-bond donors (Lipinski definition) is 2. The normalized spacial score (nSPS) is 20.3. The third kappa shape index (κ3) is 3.52. The number of nitrogens with zero attached hydrogens (tertiary/aromatic N) is 2. The third-order valence-electron chi connectivity index (χ3n) is 5.77. The summed E-state index contributed by atoms with van der Waals surface area (Å²) >= 11 is 5.91. The second-order valence-corrected chi connectivity index (χ2v) is 8.26. The fourth-order valence-corrected chi connectivity index (χ4v) is 4.31. The number of carbonyl (C=O) groups excluding carboxylic acids is 2. The van der Waals surface area contributed by atoms with Crippen LogP contribution in [0.15, 0.2) is 65.0 Å². The number of rotatable bonds is 3. The molecule has 164 valence electrons. The number of anilines is 1. The van der Waals surface area contributed by atoms with Crippen LogP contribution in [0.25, 0.3) is 0 Å². The second kappa shape index (κ2) is 7.37. The highest BCUT2D eigenvalue weighted by Gasteiger charge is 2.42. The molecule has 32 heavy (non-hydrogen) atoms. The molecule has 1 atom stereocenters. The fourth-order valence-electron chi connectivity index (χ4n) is 4.18. The molecule has 2 N–H and O–H groups in total. The molecule has 0 fully saturated rings. The van der Waals surface area contributed by atoms with Gasteiger partial charge < -0.3 is 10.6 Å². The maximum Gasteiger partial charge on any atom is 0.413 e. The van der Waals surface area contributed by atoms with Crippen molar-refractivity contribution >= 4 is 29.2 Å². The van der Waals surface area contributed by atoms with Gasteiger partial charge in [-0.05, 0) is 36.6 Å². The van der Waals surface area contributed by atoms with Crippen molar-refractivity contribution in [1.82, 2.24) is 15.1 Å². The van der Waals surface area contributed by atoms with Gasteiger partial charge >= 0.3 is 6.18 Å². The van der Waals surface area contributed by atoms with Gasteiger partial charge in [-0.15, -0.1) is 0 Å². The summed E-state index contributed by atoms with van der Waals surface area (Å²) in [4.78, 5) is 25.5. The number of allylic oxidation sites excluding steroid dienone is 3. The average Bonchev–Trinajstić information content (AvgIpc) is 3.27. The van der Waals surface area contributed by atoms with Crippen LogP contribution in [0.5, 0.6) is 0 Å². The van der Waals surface area contributed by atoms with Gasteiger partial charge in [-0.25, -0.2) is 4.68 Å². The van der Waals surface area contributed by atoms with Crippen LogP contribution in [0, 0.1) is 5.92 Å². The van der Waals surface area contributed by atoms with Crippen molar-refractivity contribution in [3.63, 3.8) is 0 Å². The van der Waals surface area contributed by atoms with E-state index in [0.717, 1.165) is 11.6 Å². The van der Waals surface area contributed by atoms with Gasteiger partial charge in [0, 0.05) is 33.0 Å². The zero-order valence-corrected chi connectivity index (χ0v) is 17.2. The minimum atomic E-state index is -4.50. The topological polar surface area (TPSA) is 76.0 Å². The smallest absolute Gasteiger partial charge is 0.322 e. The standard InChI is InChI=1S/C22H16ClF3N4O2/c23-14-4-1-11(2-5-14)10-30-19-12(9-27-30)7-16(20(31)29-19)18-15-8-13(22(24,25)26)3-6-17(15)28-21(18)32/h1-2,4-6,8-9,16H,3,7,10H2,(H,28,32)(H,29,31). The molecule has 0 saturated carbocycles. The van der Waals surface area contributed by atoms with Gasteiger partial charge in [0.2, 0.25) is 5.91 Å². The Morgan fingerprint density at radius 1 is 1.16 bits per heavy atom. The van der Waals surface area contributed by atoms with Crippen LogP contribution in [-0.2, 0) is 22.6 Å². The molecule has 1 aromatic heterocycles. The predicted octanol–water partition coefficient (Wildman–Crippen LogP) is 3.90. The Labute approximate surface area is 185 Å². The van der Waals surface area contributed by atoms with E-state index in [9.17, 15) is 22.8 Å². The minimum absolute atomic E-state index is 0.0475. The molecule has 1 aliphatic carbocycles. The summed E-state index contributed by atoms with van der Waals surface area (Å²) in [6, 6.07) is 7.21. The fraction of sp³-hybridized carbons (Fsp3) is 0.227. The molecule has 0 radical (unpaired) electrons. The van der Waals surface area contributed by atoms with Gasteiger partial charge in [0.1, 0.15) is 5.82 Å². The number of benzene rings is 1. The van der Waals surface area contributed by atoms with Crippen molar-refractivity contribution in [3.8, 4) is 0 Å². The van der Waals surface area contributed by atoms with Crippen molar-refractivity contribution in [1.29, 1.82) is 0 Å². The monoisotopic (exact) mass is 460 g/mol. The van der Waals surface area contributed by atoms with Crippen LogP contribution in [0.4, 0.5) is 19.0 Å². The van der Waals surface area contributed by atoms with E-state index in [1.165, 1.54) is 6.08 Å². The van der Waals surface area contributed by atoms with Crippen molar-refractivity contribution in [3.05, 3.63) is 81.2 Å². The lowest BCUT2D eigenvalue weighted by atomic mass is 9.85. The molecule has 2 aromatic rings. The summed E-state index contributed by atoms with van der Waals surface area (Å²) in [6.07, 6.45) is -0.763. The molecular formula is C22H16ClF3N4O2. The van der Waals surface area contributed by atoms with E-state index in [1.807, 2.05) is 12.1 Å². The number of aromatic nitrogens is 2. The maximum absolute atomic E-state index is 13.2. The summed E-state index contributed by atoms with van der Waals surface area (Å²) in [5.74, 6) is -1.42. The molecule has 0 bridgehead atoms. The largest absolute Gasteiger partial charge is 0.413 e. The summed E-state index contributed by atoms with van der Waals surface area (Å²) in [6.45, 7) is 0.399. The molecule has 0 spiro atoms. The van der Waals surface area contributed by atoms with E-state index in [4.69, 9.17) is 11.6 Å². The molecular weight excluding hydrogens is 445 g/mol. The quantitative estimate of drug-likeness (QED) is 0.729. The highest BCUT2D eigenvalue weighted by molar-refractivity contribution is 6.30. The van der Waals surface area contributed by atoms with Crippen LogP contribution in [-0.4, -0.2) is 27.8 Å². The average molecular weight is 461 g/mol. The van der Waals surface area contributed by atoms with Crippen LogP contribution in [0.3, 0.4) is 0 Å². The molecule has 2 aliphatic heterocycles. The Morgan fingerprint density at radius 2 is 1.91 bits per heavy atom. The molecule has 10 heteroatoms. The first kappa shape index (κ1) is 20.6. The van der Waals surface area contributed by atoms with Gasteiger partial charge in [0.15, 0.2) is 0 Å². The molecule has 2 amide bonds. The van der Waals surface area contributed by atoms with E-state index in [2.05, 4.69) is 15.7 Å². The molecule has 3 aliphatic rings. The Bertz CT molecular complexity index is 1240. The number of fused-ring (bicyclic) bond motifs is 2. The summed E-state index contributed by atoms with van der Waals surface area (Å²) < 4.78 is 41.3. The van der Waals surface area contributed by atoms with Gasteiger partial charge in [0.05, 0.1) is 18.7 Å². The maximum atomic E-state index is 13.2. The van der Waals surface area contributed by atoms with Crippen molar-refractivity contribution < 1.29 is 22.8 Å². The number of amides is 2. The van der Waals surface area contributed by atoms with E-state index in [1.54, 1.807) is 23.0 Å². The molecule has 1 aromatic carbocycles. The number of carbonyl (C=O) groups is 2. The first-order chi connectivity index (χ1) is 15.2. The number of nitrogens with one attached hydrogen (secondary N) is 2. The molecule has 5 rings (SSSR count). The van der Waals surface area contributed by atoms with Crippen molar-refractivity contribution in [2.24, 2.45) is 5.92 Å². The molecule has 1 unspecified atom stereocenters. The van der Waals surface area contributed by atoms with Crippen molar-refractivity contribution in [2.45, 2.75) is 25.6 Å². The van der Waals surface area contributed by atoms with Crippen LogP contribution >= 0.6 is 11.6 Å². The Hall–Kier alpha value is -3.33. The minimum Gasteiger partial charge on any atom is -0.322 e. The lowest BCUT2D eigenvalue weighted by Crippen LogP contribution is -2.35. The third-order valence-corrected chi connectivity index (χ3v) is 6.03. The molecule has 0 saturated heterocycles. The van der Waals surface area contributed by atoms with Crippen LogP contribution in [0.2, 0.25) is 5.02 Å². The SMILES string of the molecule is O=C1NC2=CCC(C(F)(F)F)=CC2=C1C1Cc2cnn(Cc3ccc(Cl)cc3)c2NC1=O. The Balaban J connectivity index is 1.47. The zero-order valence-electron chi connectivity index (χ0n) is 16.5. The van der Waals surface area contributed by atoms with E-state index >= 15 is 0 Å². The van der Waals surface area contributed by atoms with Gasteiger partial charge in [-0.3, -0.25) is 9.59 Å². The summed E-state index contributed by atoms with van der Waals surface area (Å²) in [5.41, 5.74) is 1.38. The second-order valence-electron chi connectivity index (χ2n) is 7.82. The van der Waals surface area contributed by atoms with Crippen LogP contribution in [0.1, 0.15) is 17.5 Å². The van der Waals surface area contributed by atoms with E-state index in [-0.39, 0.29) is 24.0 Å². The van der Waals surface area contributed by atoms with Gasteiger partial charge in [-0.1, -0.05) is 29.8 Å². The number of alkyl halides is 3. The lowest BCUT2D eigenvalue weighted by molar-refractivity contribution is -0.122. The number of halogens is 4. The van der Waals surface area contributed by atoms with E-state index < -0.39 is 29.5 Å². The summed E-state index contributed by atoms with van der Waals surface area (Å²) in [7, 11) is 0. The Morgan fingerprint density at radius 3 is 2.62 bits per heavy atom. The highest BCUT2D eigenvalue weighted by Crippen LogP contribution is 2.40.